The maximum atomic E-state index is 11.3. The second kappa shape index (κ2) is 6.35. The fourth-order valence-corrected chi connectivity index (χ4v) is 1.50. The number of carbonyl (C=O) groups excluding carboxylic acids is 1. The summed E-state index contributed by atoms with van der Waals surface area (Å²) in [4.78, 5) is 11.3. The van der Waals surface area contributed by atoms with Crippen molar-refractivity contribution >= 4 is 17.5 Å². The lowest BCUT2D eigenvalue weighted by molar-refractivity contribution is -0.120. The van der Waals surface area contributed by atoms with Crippen LogP contribution in [0.4, 0.5) is 0 Å². The Morgan fingerprint density at radius 1 is 1.50 bits per heavy atom. The van der Waals surface area contributed by atoms with E-state index in [1.165, 1.54) is 0 Å². The lowest BCUT2D eigenvalue weighted by Gasteiger charge is -2.10. The van der Waals surface area contributed by atoms with Crippen LogP contribution in [-0.4, -0.2) is 26.6 Å². The summed E-state index contributed by atoms with van der Waals surface area (Å²) < 4.78 is 5.17. The summed E-state index contributed by atoms with van der Waals surface area (Å²) in [6.45, 7) is 0.702. The van der Waals surface area contributed by atoms with Gasteiger partial charge >= 0.3 is 0 Å². The van der Waals surface area contributed by atoms with E-state index in [4.69, 9.17) is 16.3 Å². The molecule has 0 atom stereocenters. The third-order valence-electron chi connectivity index (χ3n) is 2.06. The van der Waals surface area contributed by atoms with E-state index >= 15 is 0 Å². The van der Waals surface area contributed by atoms with Gasteiger partial charge in [0, 0.05) is 17.1 Å². The predicted molar refractivity (Wildman–Crippen MR) is 63.8 cm³/mol. The second-order valence-electron chi connectivity index (χ2n) is 3.26. The molecule has 0 heterocycles. The molecule has 0 aromatic heterocycles. The first kappa shape index (κ1) is 12.8. The molecule has 0 bridgehead atoms. The molecule has 0 aliphatic carbocycles. The smallest absolute Gasteiger partial charge is 0.234 e. The highest BCUT2D eigenvalue weighted by Crippen LogP contribution is 2.22. The van der Waals surface area contributed by atoms with Crippen molar-refractivity contribution in [3.8, 4) is 5.75 Å². The van der Waals surface area contributed by atoms with Crippen molar-refractivity contribution < 1.29 is 9.53 Å². The molecule has 0 aliphatic rings. The van der Waals surface area contributed by atoms with Crippen molar-refractivity contribution in [2.24, 2.45) is 0 Å². The standard InChI is InChI=1S/C11H15ClN2O2/c1-13-7-11(15)14-6-8-5-9(12)3-4-10(8)16-2/h3-5,13H,6-7H2,1-2H3,(H,14,15). The van der Waals surface area contributed by atoms with Gasteiger partial charge in [0.15, 0.2) is 0 Å². The van der Waals surface area contributed by atoms with Gasteiger partial charge in [-0.1, -0.05) is 11.6 Å². The summed E-state index contributed by atoms with van der Waals surface area (Å²) in [5.74, 6) is 0.652. The van der Waals surface area contributed by atoms with E-state index in [1.54, 1.807) is 32.4 Å². The van der Waals surface area contributed by atoms with Crippen LogP contribution in [0.1, 0.15) is 5.56 Å². The molecule has 0 aliphatic heterocycles. The number of hydrogen-bond acceptors (Lipinski definition) is 3. The molecule has 0 unspecified atom stereocenters. The molecule has 1 rings (SSSR count). The van der Waals surface area contributed by atoms with E-state index < -0.39 is 0 Å². The molecule has 16 heavy (non-hydrogen) atoms. The van der Waals surface area contributed by atoms with Crippen LogP contribution in [0.25, 0.3) is 0 Å². The minimum absolute atomic E-state index is 0.0653. The summed E-state index contributed by atoms with van der Waals surface area (Å²) in [5.41, 5.74) is 0.861. The molecule has 5 heteroatoms. The maximum absolute atomic E-state index is 11.3. The number of methoxy groups -OCH3 is 1. The van der Waals surface area contributed by atoms with Crippen LogP contribution in [0.15, 0.2) is 18.2 Å². The van der Waals surface area contributed by atoms with Crippen molar-refractivity contribution in [3.05, 3.63) is 28.8 Å². The molecule has 0 saturated carbocycles. The molecule has 4 nitrogen and oxygen atoms in total. The monoisotopic (exact) mass is 242 g/mol. The molecule has 0 fully saturated rings. The van der Waals surface area contributed by atoms with E-state index in [0.29, 0.717) is 23.9 Å². The van der Waals surface area contributed by atoms with Gasteiger partial charge in [0.2, 0.25) is 5.91 Å². The topological polar surface area (TPSA) is 50.4 Å². The number of amides is 1. The molecule has 0 spiro atoms. The van der Waals surface area contributed by atoms with Crippen LogP contribution in [0, 0.1) is 0 Å². The number of ether oxygens (including phenoxy) is 1. The summed E-state index contributed by atoms with van der Waals surface area (Å²) in [6, 6.07) is 5.31. The lowest BCUT2D eigenvalue weighted by atomic mass is 10.2. The van der Waals surface area contributed by atoms with Crippen LogP contribution >= 0.6 is 11.6 Å². The van der Waals surface area contributed by atoms with Crippen molar-refractivity contribution in [2.45, 2.75) is 6.54 Å². The zero-order valence-electron chi connectivity index (χ0n) is 9.34. The highest BCUT2D eigenvalue weighted by atomic mass is 35.5. The Morgan fingerprint density at radius 3 is 2.88 bits per heavy atom. The first-order valence-corrected chi connectivity index (χ1v) is 5.29. The zero-order valence-corrected chi connectivity index (χ0v) is 10.1. The van der Waals surface area contributed by atoms with Gasteiger partial charge in [0.05, 0.1) is 13.7 Å². The van der Waals surface area contributed by atoms with Crippen LogP contribution in [-0.2, 0) is 11.3 Å². The van der Waals surface area contributed by atoms with Gasteiger partial charge in [-0.05, 0) is 25.2 Å². The van der Waals surface area contributed by atoms with E-state index in [1.807, 2.05) is 0 Å². The summed E-state index contributed by atoms with van der Waals surface area (Å²) in [5, 5.41) is 6.16. The van der Waals surface area contributed by atoms with E-state index in [-0.39, 0.29) is 5.91 Å². The first-order valence-electron chi connectivity index (χ1n) is 4.91. The number of nitrogens with one attached hydrogen (secondary N) is 2. The maximum Gasteiger partial charge on any atom is 0.234 e. The van der Waals surface area contributed by atoms with Crippen molar-refractivity contribution in [1.82, 2.24) is 10.6 Å². The molecule has 1 amide bonds. The highest BCUT2D eigenvalue weighted by Gasteiger charge is 2.05. The fraction of sp³-hybridized carbons (Fsp3) is 0.364. The van der Waals surface area contributed by atoms with Gasteiger partial charge in [0.25, 0.3) is 0 Å². The Bertz CT molecular complexity index is 369. The van der Waals surface area contributed by atoms with Crippen LogP contribution in [0.3, 0.4) is 0 Å². The first-order chi connectivity index (χ1) is 7.67. The van der Waals surface area contributed by atoms with Gasteiger partial charge in [-0.3, -0.25) is 4.79 Å². The van der Waals surface area contributed by atoms with Crippen LogP contribution in [0.5, 0.6) is 5.75 Å². The molecule has 1 aromatic carbocycles. The van der Waals surface area contributed by atoms with Gasteiger partial charge in [0.1, 0.15) is 5.75 Å². The van der Waals surface area contributed by atoms with Gasteiger partial charge in [-0.15, -0.1) is 0 Å². The zero-order chi connectivity index (χ0) is 12.0. The normalized spacial score (nSPS) is 9.94. The quantitative estimate of drug-likeness (QED) is 0.816. The van der Waals surface area contributed by atoms with Gasteiger partial charge in [-0.2, -0.15) is 0 Å². The number of benzene rings is 1. The van der Waals surface area contributed by atoms with E-state index in [2.05, 4.69) is 10.6 Å². The fourth-order valence-electron chi connectivity index (χ4n) is 1.30. The Balaban J connectivity index is 2.65. The van der Waals surface area contributed by atoms with Crippen molar-refractivity contribution in [1.29, 1.82) is 0 Å². The predicted octanol–water partition coefficient (Wildman–Crippen LogP) is 1.18. The Hall–Kier alpha value is -1.26. The third kappa shape index (κ3) is 3.72. The summed E-state index contributed by atoms with van der Waals surface area (Å²) in [7, 11) is 3.31. The molecular weight excluding hydrogens is 228 g/mol. The minimum Gasteiger partial charge on any atom is -0.496 e. The van der Waals surface area contributed by atoms with Gasteiger partial charge in [-0.25, -0.2) is 0 Å². The highest BCUT2D eigenvalue weighted by molar-refractivity contribution is 6.30. The van der Waals surface area contributed by atoms with Crippen LogP contribution < -0.4 is 15.4 Å². The minimum atomic E-state index is -0.0653. The van der Waals surface area contributed by atoms with Crippen molar-refractivity contribution in [3.63, 3.8) is 0 Å². The average molecular weight is 243 g/mol. The van der Waals surface area contributed by atoms with E-state index in [0.717, 1.165) is 5.56 Å². The number of rotatable bonds is 5. The Kier molecular flexibility index (Phi) is 5.08. The summed E-state index contributed by atoms with van der Waals surface area (Å²) >= 11 is 5.87. The molecular formula is C11H15ClN2O2. The number of hydrogen-bond donors (Lipinski definition) is 2. The van der Waals surface area contributed by atoms with Gasteiger partial charge < -0.3 is 15.4 Å². The number of halogens is 1. The SMILES string of the molecule is CNCC(=O)NCc1cc(Cl)ccc1OC. The second-order valence-corrected chi connectivity index (χ2v) is 3.70. The largest absolute Gasteiger partial charge is 0.496 e. The molecule has 1 aromatic rings. The lowest BCUT2D eigenvalue weighted by Crippen LogP contribution is -2.31. The van der Waals surface area contributed by atoms with E-state index in [9.17, 15) is 4.79 Å². The Morgan fingerprint density at radius 2 is 2.25 bits per heavy atom. The van der Waals surface area contributed by atoms with Crippen LogP contribution in [0.2, 0.25) is 5.02 Å². The van der Waals surface area contributed by atoms with Crippen molar-refractivity contribution in [2.75, 3.05) is 20.7 Å². The summed E-state index contributed by atoms with van der Waals surface area (Å²) in [6.07, 6.45) is 0. The molecule has 0 saturated heterocycles. The third-order valence-corrected chi connectivity index (χ3v) is 2.29. The number of carbonyl (C=O) groups is 1. The molecule has 88 valence electrons. The average Bonchev–Trinajstić information content (AvgIpc) is 2.27. The molecule has 0 radical (unpaired) electrons. The molecule has 2 N–H and O–H groups in total. The Labute approximate surface area is 99.9 Å². The number of likely N-dealkylation sites (N-methyl/N-ethyl adjacent to an activating group) is 1.